The summed E-state index contributed by atoms with van der Waals surface area (Å²) >= 11 is 0. The molecule has 0 aliphatic rings. The Morgan fingerprint density at radius 1 is 1.33 bits per heavy atom. The molecule has 4 heteroatoms. The Bertz CT molecular complexity index is 171. The van der Waals surface area contributed by atoms with Gasteiger partial charge in [-0.05, 0) is 33.7 Å². The highest BCUT2D eigenvalue weighted by molar-refractivity contribution is 5.75. The van der Waals surface area contributed by atoms with Gasteiger partial charge in [-0.2, -0.15) is 0 Å². The number of ether oxygens (including phenoxy) is 2. The smallest absolute Gasteiger partial charge is 0.325 e. The molecule has 0 aromatic heterocycles. The molecule has 0 fully saturated rings. The van der Waals surface area contributed by atoms with Crippen LogP contribution in [0.2, 0.25) is 0 Å². The Balaban J connectivity index is 3.98. The van der Waals surface area contributed by atoms with Crippen LogP contribution in [0.15, 0.2) is 0 Å². The van der Waals surface area contributed by atoms with Gasteiger partial charge in [-0.15, -0.1) is 0 Å². The van der Waals surface area contributed by atoms with Crippen molar-refractivity contribution in [2.24, 2.45) is 0 Å². The van der Waals surface area contributed by atoms with Crippen molar-refractivity contribution in [3.8, 4) is 0 Å². The van der Waals surface area contributed by atoms with Crippen LogP contribution in [0.1, 0.15) is 34.1 Å². The molecule has 0 aliphatic carbocycles. The van der Waals surface area contributed by atoms with Crippen molar-refractivity contribution < 1.29 is 14.3 Å². The fourth-order valence-corrected chi connectivity index (χ4v) is 1.06. The lowest BCUT2D eigenvalue weighted by Gasteiger charge is -2.18. The molecule has 1 unspecified atom stereocenters. The molecule has 0 rings (SSSR count). The van der Waals surface area contributed by atoms with Crippen LogP contribution in [-0.4, -0.2) is 37.9 Å². The Kier molecular flexibility index (Phi) is 8.33. The van der Waals surface area contributed by atoms with Crippen molar-refractivity contribution in [1.82, 2.24) is 5.32 Å². The molecule has 0 heterocycles. The lowest BCUT2D eigenvalue weighted by Crippen LogP contribution is -2.42. The van der Waals surface area contributed by atoms with Crippen LogP contribution >= 0.6 is 0 Å². The predicted octanol–water partition coefficient (Wildman–Crippen LogP) is 1.34. The van der Waals surface area contributed by atoms with Gasteiger partial charge in [0.1, 0.15) is 6.04 Å². The standard InChI is InChI=1S/C11H23NO3/c1-5-7-12-10(8-15-9(3)4)11(13)14-6-2/h9-10,12H,5-8H2,1-4H3. The van der Waals surface area contributed by atoms with Crippen LogP contribution in [0.4, 0.5) is 0 Å². The maximum absolute atomic E-state index is 11.5. The van der Waals surface area contributed by atoms with Crippen LogP contribution in [0.25, 0.3) is 0 Å². The number of nitrogens with one attached hydrogen (secondary N) is 1. The molecule has 0 aromatic rings. The highest BCUT2D eigenvalue weighted by Crippen LogP contribution is 1.95. The maximum Gasteiger partial charge on any atom is 0.325 e. The zero-order valence-electron chi connectivity index (χ0n) is 10.2. The van der Waals surface area contributed by atoms with E-state index in [0.29, 0.717) is 13.2 Å². The molecule has 15 heavy (non-hydrogen) atoms. The van der Waals surface area contributed by atoms with Gasteiger partial charge in [-0.1, -0.05) is 6.92 Å². The summed E-state index contributed by atoms with van der Waals surface area (Å²) in [7, 11) is 0. The van der Waals surface area contributed by atoms with Crippen LogP contribution in [0.5, 0.6) is 0 Å². The van der Waals surface area contributed by atoms with E-state index in [1.165, 1.54) is 0 Å². The van der Waals surface area contributed by atoms with E-state index in [1.54, 1.807) is 6.92 Å². The number of carbonyl (C=O) groups is 1. The minimum Gasteiger partial charge on any atom is -0.465 e. The quantitative estimate of drug-likeness (QED) is 0.623. The average molecular weight is 217 g/mol. The maximum atomic E-state index is 11.5. The first kappa shape index (κ1) is 14.4. The van der Waals surface area contributed by atoms with Crippen LogP contribution in [0, 0.1) is 0 Å². The lowest BCUT2D eigenvalue weighted by atomic mass is 10.3. The fraction of sp³-hybridized carbons (Fsp3) is 0.909. The summed E-state index contributed by atoms with van der Waals surface area (Å²) in [6.45, 7) is 9.33. The van der Waals surface area contributed by atoms with E-state index in [0.717, 1.165) is 13.0 Å². The summed E-state index contributed by atoms with van der Waals surface area (Å²) < 4.78 is 10.4. The van der Waals surface area contributed by atoms with E-state index in [1.807, 2.05) is 13.8 Å². The normalized spacial score (nSPS) is 12.9. The molecule has 0 amide bonds. The van der Waals surface area contributed by atoms with E-state index < -0.39 is 0 Å². The molecule has 90 valence electrons. The zero-order chi connectivity index (χ0) is 11.7. The van der Waals surface area contributed by atoms with Gasteiger partial charge >= 0.3 is 5.97 Å². The summed E-state index contributed by atoms with van der Waals surface area (Å²) in [6.07, 6.45) is 1.11. The Morgan fingerprint density at radius 3 is 2.47 bits per heavy atom. The third kappa shape index (κ3) is 7.33. The first-order valence-electron chi connectivity index (χ1n) is 5.63. The van der Waals surface area contributed by atoms with Crippen LogP contribution < -0.4 is 5.32 Å². The lowest BCUT2D eigenvalue weighted by molar-refractivity contribution is -0.147. The van der Waals surface area contributed by atoms with Gasteiger partial charge in [0.2, 0.25) is 0 Å². The number of hydrogen-bond acceptors (Lipinski definition) is 4. The van der Waals surface area contributed by atoms with E-state index in [9.17, 15) is 4.79 Å². The third-order valence-electron chi connectivity index (χ3n) is 1.81. The number of esters is 1. The van der Waals surface area contributed by atoms with Crippen molar-refractivity contribution >= 4 is 5.97 Å². The van der Waals surface area contributed by atoms with Crippen molar-refractivity contribution in [3.05, 3.63) is 0 Å². The molecular formula is C11H23NO3. The summed E-state index contributed by atoms with van der Waals surface area (Å²) in [5.41, 5.74) is 0. The molecule has 0 bridgehead atoms. The van der Waals surface area contributed by atoms with Gasteiger partial charge in [0.25, 0.3) is 0 Å². The highest BCUT2D eigenvalue weighted by Gasteiger charge is 2.19. The predicted molar refractivity (Wildman–Crippen MR) is 59.8 cm³/mol. The zero-order valence-corrected chi connectivity index (χ0v) is 10.2. The Hall–Kier alpha value is -0.610. The van der Waals surface area contributed by atoms with Crippen molar-refractivity contribution in [2.75, 3.05) is 19.8 Å². The van der Waals surface area contributed by atoms with Gasteiger partial charge < -0.3 is 14.8 Å². The average Bonchev–Trinajstić information content (AvgIpc) is 2.17. The summed E-state index contributed by atoms with van der Waals surface area (Å²) in [5.74, 6) is -0.230. The van der Waals surface area contributed by atoms with E-state index in [4.69, 9.17) is 9.47 Å². The van der Waals surface area contributed by atoms with Gasteiger partial charge in [-0.3, -0.25) is 4.79 Å². The molecule has 0 aliphatic heterocycles. The number of hydrogen-bond donors (Lipinski definition) is 1. The van der Waals surface area contributed by atoms with Gasteiger partial charge in [0, 0.05) is 0 Å². The molecule has 4 nitrogen and oxygen atoms in total. The van der Waals surface area contributed by atoms with E-state index in [-0.39, 0.29) is 18.1 Å². The minimum absolute atomic E-state index is 0.130. The largest absolute Gasteiger partial charge is 0.465 e. The van der Waals surface area contributed by atoms with Gasteiger partial charge in [0.05, 0.1) is 19.3 Å². The van der Waals surface area contributed by atoms with Crippen molar-refractivity contribution in [1.29, 1.82) is 0 Å². The molecule has 0 aromatic carbocycles. The Labute approximate surface area is 92.3 Å². The second-order valence-electron chi connectivity index (χ2n) is 3.64. The number of rotatable bonds is 8. The topological polar surface area (TPSA) is 47.6 Å². The molecular weight excluding hydrogens is 194 g/mol. The number of carbonyl (C=O) groups excluding carboxylic acids is 1. The first-order valence-corrected chi connectivity index (χ1v) is 5.63. The Morgan fingerprint density at radius 2 is 2.00 bits per heavy atom. The summed E-state index contributed by atoms with van der Waals surface area (Å²) in [5, 5.41) is 3.11. The molecule has 0 radical (unpaired) electrons. The molecule has 0 spiro atoms. The van der Waals surface area contributed by atoms with Crippen LogP contribution in [-0.2, 0) is 14.3 Å². The SMILES string of the molecule is CCCNC(COC(C)C)C(=O)OCC. The van der Waals surface area contributed by atoms with Gasteiger partial charge in [-0.25, -0.2) is 0 Å². The highest BCUT2D eigenvalue weighted by atomic mass is 16.5. The minimum atomic E-state index is -0.340. The third-order valence-corrected chi connectivity index (χ3v) is 1.81. The fourth-order valence-electron chi connectivity index (χ4n) is 1.06. The molecule has 0 saturated heterocycles. The van der Waals surface area contributed by atoms with Gasteiger partial charge in [0.15, 0.2) is 0 Å². The molecule has 0 saturated carbocycles. The second-order valence-corrected chi connectivity index (χ2v) is 3.64. The molecule has 1 atom stereocenters. The molecule has 1 N–H and O–H groups in total. The van der Waals surface area contributed by atoms with Crippen LogP contribution in [0.3, 0.4) is 0 Å². The van der Waals surface area contributed by atoms with E-state index >= 15 is 0 Å². The first-order chi connectivity index (χ1) is 7.11. The summed E-state index contributed by atoms with van der Waals surface area (Å²) in [6, 6.07) is -0.340. The summed E-state index contributed by atoms with van der Waals surface area (Å²) in [4.78, 5) is 11.5. The monoisotopic (exact) mass is 217 g/mol. The second kappa shape index (κ2) is 8.68. The van der Waals surface area contributed by atoms with Crippen molar-refractivity contribution in [3.63, 3.8) is 0 Å². The van der Waals surface area contributed by atoms with Crippen molar-refractivity contribution in [2.45, 2.75) is 46.3 Å². The van der Waals surface area contributed by atoms with E-state index in [2.05, 4.69) is 12.2 Å².